The van der Waals surface area contributed by atoms with E-state index in [1.165, 1.54) is 16.7 Å². The molecule has 0 atom stereocenters. The Labute approximate surface area is 189 Å². The van der Waals surface area contributed by atoms with Crippen molar-refractivity contribution in [3.63, 3.8) is 0 Å². The minimum Gasteiger partial charge on any atom is -0.326 e. The molecule has 0 aromatic heterocycles. The van der Waals surface area contributed by atoms with E-state index in [-0.39, 0.29) is 24.1 Å². The van der Waals surface area contributed by atoms with Crippen LogP contribution in [0.4, 0.5) is 5.69 Å². The molecular weight excluding hydrogens is 432 g/mol. The van der Waals surface area contributed by atoms with Gasteiger partial charge in [0.1, 0.15) is 0 Å². The molecule has 7 heteroatoms. The first-order valence-electron chi connectivity index (χ1n) is 9.73. The molecule has 0 radical (unpaired) electrons. The minimum atomic E-state index is -0.246. The Morgan fingerprint density at radius 3 is 2.26 bits per heavy atom. The van der Waals surface area contributed by atoms with E-state index in [0.717, 1.165) is 10.5 Å². The van der Waals surface area contributed by atoms with Crippen LogP contribution < -0.4 is 5.32 Å². The summed E-state index contributed by atoms with van der Waals surface area (Å²) in [6.07, 6.45) is 0.258. The van der Waals surface area contributed by atoms with Gasteiger partial charge in [-0.05, 0) is 48.0 Å². The quantitative estimate of drug-likeness (QED) is 0.410. The Kier molecular flexibility index (Phi) is 6.39. The molecule has 1 N–H and O–H groups in total. The lowest BCUT2D eigenvalue weighted by atomic mass is 10.1. The standard InChI is InChI=1S/C24H19ClN2O3S/c25-17-10-8-16(9-11-17)14-22(28)26-18-4-3-5-19(15-18)31-13-12-27-23(29)20-6-1-2-7-21(20)24(27)30/h1-11,15H,12-14H2,(H,26,28). The molecular formula is C24H19ClN2O3S. The normalized spacial score (nSPS) is 12.7. The summed E-state index contributed by atoms with van der Waals surface area (Å²) in [4.78, 5) is 39.4. The molecule has 156 valence electrons. The zero-order valence-electron chi connectivity index (χ0n) is 16.5. The zero-order chi connectivity index (χ0) is 21.8. The summed E-state index contributed by atoms with van der Waals surface area (Å²) in [6, 6.07) is 21.6. The average molecular weight is 451 g/mol. The summed E-state index contributed by atoms with van der Waals surface area (Å²) in [7, 11) is 0. The smallest absolute Gasteiger partial charge is 0.261 e. The second-order valence-corrected chi connectivity index (χ2v) is 8.64. The molecule has 4 rings (SSSR count). The number of nitrogens with one attached hydrogen (secondary N) is 1. The molecule has 0 bridgehead atoms. The first-order chi connectivity index (χ1) is 15.0. The highest BCUT2D eigenvalue weighted by atomic mass is 35.5. The molecule has 1 heterocycles. The van der Waals surface area contributed by atoms with E-state index >= 15 is 0 Å². The van der Waals surface area contributed by atoms with Crippen molar-refractivity contribution in [2.45, 2.75) is 11.3 Å². The lowest BCUT2D eigenvalue weighted by Crippen LogP contribution is -2.31. The van der Waals surface area contributed by atoms with Crippen LogP contribution in [-0.2, 0) is 11.2 Å². The van der Waals surface area contributed by atoms with Gasteiger partial charge in [-0.25, -0.2) is 0 Å². The van der Waals surface area contributed by atoms with Gasteiger partial charge in [0.05, 0.1) is 17.5 Å². The van der Waals surface area contributed by atoms with Crippen LogP contribution >= 0.6 is 23.4 Å². The number of carbonyl (C=O) groups excluding carboxylic acids is 3. The number of hydrogen-bond acceptors (Lipinski definition) is 4. The van der Waals surface area contributed by atoms with Crippen LogP contribution in [0, 0.1) is 0 Å². The lowest BCUT2D eigenvalue weighted by molar-refractivity contribution is -0.115. The summed E-state index contributed by atoms with van der Waals surface area (Å²) in [5.74, 6) is -0.0440. The van der Waals surface area contributed by atoms with Gasteiger partial charge < -0.3 is 5.32 Å². The Morgan fingerprint density at radius 1 is 0.903 bits per heavy atom. The molecule has 3 aromatic carbocycles. The van der Waals surface area contributed by atoms with Gasteiger partial charge in [-0.2, -0.15) is 0 Å². The third kappa shape index (κ3) is 4.98. The third-order valence-electron chi connectivity index (χ3n) is 4.86. The Bertz CT molecular complexity index is 1110. The number of thioether (sulfide) groups is 1. The van der Waals surface area contributed by atoms with Crippen molar-refractivity contribution in [2.24, 2.45) is 0 Å². The molecule has 0 unspecified atom stereocenters. The van der Waals surface area contributed by atoms with Crippen molar-refractivity contribution in [2.75, 3.05) is 17.6 Å². The maximum absolute atomic E-state index is 12.4. The van der Waals surface area contributed by atoms with Gasteiger partial charge in [-0.15, -0.1) is 11.8 Å². The zero-order valence-corrected chi connectivity index (χ0v) is 18.1. The molecule has 3 amide bonds. The van der Waals surface area contributed by atoms with Gasteiger partial charge in [0.15, 0.2) is 0 Å². The van der Waals surface area contributed by atoms with Crippen LogP contribution in [0.2, 0.25) is 5.02 Å². The Morgan fingerprint density at radius 2 is 1.58 bits per heavy atom. The van der Waals surface area contributed by atoms with Crippen molar-refractivity contribution in [1.29, 1.82) is 0 Å². The first kappa shape index (κ1) is 21.2. The number of amides is 3. The van der Waals surface area contributed by atoms with Gasteiger partial charge in [0.25, 0.3) is 11.8 Å². The van der Waals surface area contributed by atoms with E-state index in [1.807, 2.05) is 36.4 Å². The Hall–Kier alpha value is -3.09. The van der Waals surface area contributed by atoms with Crippen molar-refractivity contribution < 1.29 is 14.4 Å². The SMILES string of the molecule is O=C(Cc1ccc(Cl)cc1)Nc1cccc(SCCN2C(=O)c3ccccc3C2=O)c1. The molecule has 0 saturated heterocycles. The number of imide groups is 1. The molecule has 1 aliphatic rings. The molecule has 0 spiro atoms. The predicted octanol–water partition coefficient (Wildman–Crippen LogP) is 4.91. The predicted molar refractivity (Wildman–Crippen MR) is 123 cm³/mol. The molecule has 3 aromatic rings. The van der Waals surface area contributed by atoms with E-state index in [4.69, 9.17) is 11.6 Å². The van der Waals surface area contributed by atoms with E-state index in [1.54, 1.807) is 36.4 Å². The highest BCUT2D eigenvalue weighted by molar-refractivity contribution is 7.99. The summed E-state index contributed by atoms with van der Waals surface area (Å²) in [6.45, 7) is 0.324. The molecule has 0 aliphatic carbocycles. The van der Waals surface area contributed by atoms with Gasteiger partial charge in [0, 0.05) is 27.9 Å². The van der Waals surface area contributed by atoms with Crippen LogP contribution in [-0.4, -0.2) is 34.9 Å². The highest BCUT2D eigenvalue weighted by Crippen LogP contribution is 2.25. The molecule has 31 heavy (non-hydrogen) atoms. The maximum Gasteiger partial charge on any atom is 0.261 e. The van der Waals surface area contributed by atoms with E-state index in [0.29, 0.717) is 34.1 Å². The van der Waals surface area contributed by atoms with Crippen LogP contribution in [0.3, 0.4) is 0 Å². The van der Waals surface area contributed by atoms with Gasteiger partial charge in [0.2, 0.25) is 5.91 Å². The first-order valence-corrected chi connectivity index (χ1v) is 11.1. The number of hydrogen-bond donors (Lipinski definition) is 1. The highest BCUT2D eigenvalue weighted by Gasteiger charge is 2.34. The number of rotatable bonds is 7. The van der Waals surface area contributed by atoms with Gasteiger partial charge >= 0.3 is 0 Å². The minimum absolute atomic E-state index is 0.115. The van der Waals surface area contributed by atoms with E-state index in [9.17, 15) is 14.4 Å². The fourth-order valence-corrected chi connectivity index (χ4v) is 4.37. The number of nitrogens with zero attached hydrogens (tertiary/aromatic N) is 1. The Balaban J connectivity index is 1.31. The third-order valence-corrected chi connectivity index (χ3v) is 6.08. The second-order valence-electron chi connectivity index (χ2n) is 7.04. The van der Waals surface area contributed by atoms with E-state index in [2.05, 4.69) is 5.32 Å². The van der Waals surface area contributed by atoms with Crippen molar-refractivity contribution in [1.82, 2.24) is 4.90 Å². The topological polar surface area (TPSA) is 66.5 Å². The number of carbonyl (C=O) groups is 3. The van der Waals surface area contributed by atoms with Crippen molar-refractivity contribution in [3.8, 4) is 0 Å². The van der Waals surface area contributed by atoms with Crippen LogP contribution in [0.15, 0.2) is 77.7 Å². The molecule has 1 aliphatic heterocycles. The molecule has 0 fully saturated rings. The van der Waals surface area contributed by atoms with Crippen molar-refractivity contribution >= 4 is 46.8 Å². The van der Waals surface area contributed by atoms with E-state index < -0.39 is 0 Å². The fourth-order valence-electron chi connectivity index (χ4n) is 3.35. The summed E-state index contributed by atoms with van der Waals surface area (Å²) >= 11 is 7.40. The fraction of sp³-hybridized carbons (Fsp3) is 0.125. The van der Waals surface area contributed by atoms with Gasteiger partial charge in [-0.1, -0.05) is 41.9 Å². The average Bonchev–Trinajstić information content (AvgIpc) is 3.01. The number of anilines is 1. The summed E-state index contributed by atoms with van der Waals surface area (Å²) in [5, 5.41) is 3.53. The van der Waals surface area contributed by atoms with Gasteiger partial charge in [-0.3, -0.25) is 19.3 Å². The number of benzene rings is 3. The van der Waals surface area contributed by atoms with Crippen molar-refractivity contribution in [3.05, 3.63) is 94.5 Å². The maximum atomic E-state index is 12.4. The number of fused-ring (bicyclic) bond motifs is 1. The molecule has 5 nitrogen and oxygen atoms in total. The van der Waals surface area contributed by atoms with Crippen LogP contribution in [0.5, 0.6) is 0 Å². The molecule has 0 saturated carbocycles. The van der Waals surface area contributed by atoms with Crippen LogP contribution in [0.25, 0.3) is 0 Å². The second kappa shape index (κ2) is 9.37. The monoisotopic (exact) mass is 450 g/mol. The summed E-state index contributed by atoms with van der Waals surface area (Å²) < 4.78 is 0. The van der Waals surface area contributed by atoms with Crippen LogP contribution in [0.1, 0.15) is 26.3 Å². The number of halogens is 1. The summed E-state index contributed by atoms with van der Waals surface area (Å²) in [5.41, 5.74) is 2.50. The largest absolute Gasteiger partial charge is 0.326 e. The lowest BCUT2D eigenvalue weighted by Gasteiger charge is -2.13.